The van der Waals surface area contributed by atoms with Gasteiger partial charge in [-0.25, -0.2) is 9.50 Å². The second-order valence-corrected chi connectivity index (χ2v) is 8.11. The monoisotopic (exact) mass is 479 g/mol. The van der Waals surface area contributed by atoms with Crippen LogP contribution in [0.2, 0.25) is 5.02 Å². The van der Waals surface area contributed by atoms with Gasteiger partial charge in [0.25, 0.3) is 11.5 Å². The first-order chi connectivity index (χ1) is 16.4. The molecule has 172 valence electrons. The standard InChI is InChI=1S/C21H19ClN10O2/c1-11(25-20(33)17-18(23)28-32-8-3-7-24-19(17)32)14-10-12-4-2-5-13(22)16(12)21(34)31(14)9-6-15-26-29-30-27-15/h2-5,7-8,10-11H,6,9H2,1H3,(H4,23,25,26,27,28,29,30,33)/p+1/t11-/m0/s1. The number of amidine groups is 1. The van der Waals surface area contributed by atoms with Gasteiger partial charge in [0.2, 0.25) is 0 Å². The van der Waals surface area contributed by atoms with Crippen molar-refractivity contribution in [1.29, 1.82) is 0 Å². The maximum atomic E-state index is 13.4. The molecule has 1 atom stereocenters. The van der Waals surface area contributed by atoms with Gasteiger partial charge in [-0.15, -0.1) is 15.3 Å². The predicted molar refractivity (Wildman–Crippen MR) is 125 cm³/mol. The molecule has 5 rings (SSSR count). The van der Waals surface area contributed by atoms with E-state index in [9.17, 15) is 9.59 Å². The third-order valence-electron chi connectivity index (χ3n) is 5.55. The SMILES string of the molecule is C[C@H](NC(=O)c1c(N)nn2cccnc12)c1cc2cccc(Cl)c2c(=O)n1CCC1=[N+]=NNN1. The second-order valence-electron chi connectivity index (χ2n) is 7.71. The van der Waals surface area contributed by atoms with Crippen LogP contribution in [0.25, 0.3) is 16.4 Å². The molecule has 0 bridgehead atoms. The molecule has 4 aromatic rings. The summed E-state index contributed by atoms with van der Waals surface area (Å²) in [6.07, 6.45) is 3.62. The molecule has 13 heteroatoms. The van der Waals surface area contributed by atoms with Crippen LogP contribution >= 0.6 is 11.6 Å². The van der Waals surface area contributed by atoms with Gasteiger partial charge in [-0.3, -0.25) is 9.59 Å². The van der Waals surface area contributed by atoms with E-state index in [0.29, 0.717) is 45.9 Å². The maximum absolute atomic E-state index is 13.4. The number of carbonyl (C=O) groups is 1. The van der Waals surface area contributed by atoms with Crippen molar-refractivity contribution in [2.24, 2.45) is 5.22 Å². The molecule has 0 unspecified atom stereocenters. The highest BCUT2D eigenvalue weighted by Crippen LogP contribution is 2.24. The number of anilines is 1. The zero-order chi connectivity index (χ0) is 23.8. The fourth-order valence-electron chi connectivity index (χ4n) is 3.96. The van der Waals surface area contributed by atoms with Crippen LogP contribution < -0.4 is 27.6 Å². The minimum absolute atomic E-state index is 0.0626. The van der Waals surface area contributed by atoms with E-state index in [1.165, 1.54) is 4.52 Å². The normalized spacial score (nSPS) is 13.5. The number of benzene rings is 1. The van der Waals surface area contributed by atoms with Crippen molar-refractivity contribution in [2.45, 2.75) is 25.9 Å². The Balaban J connectivity index is 1.54. The lowest BCUT2D eigenvalue weighted by Gasteiger charge is -2.20. The van der Waals surface area contributed by atoms with E-state index in [1.54, 1.807) is 42.1 Å². The van der Waals surface area contributed by atoms with Crippen LogP contribution in [-0.4, -0.2) is 35.7 Å². The Kier molecular flexibility index (Phi) is 5.36. The molecule has 34 heavy (non-hydrogen) atoms. The number of fused-ring (bicyclic) bond motifs is 2. The number of carbonyl (C=O) groups excluding carboxylic acids is 1. The largest absolute Gasteiger partial charge is 0.381 e. The summed E-state index contributed by atoms with van der Waals surface area (Å²) < 4.78 is 3.02. The van der Waals surface area contributed by atoms with Gasteiger partial charge in [-0.05, 0) is 30.5 Å². The molecule has 0 saturated heterocycles. The van der Waals surface area contributed by atoms with Crippen LogP contribution in [0.1, 0.15) is 35.4 Å². The number of nitrogens with one attached hydrogen (secondary N) is 3. The highest BCUT2D eigenvalue weighted by molar-refractivity contribution is 6.35. The number of nitrogen functional groups attached to an aromatic ring is 1. The first-order valence-electron chi connectivity index (χ1n) is 10.4. The fraction of sp³-hybridized carbons (Fsp3) is 0.190. The zero-order valence-corrected chi connectivity index (χ0v) is 18.7. The van der Waals surface area contributed by atoms with Crippen LogP contribution in [0.3, 0.4) is 0 Å². The molecular formula is C21H20ClN10O2+. The first kappa shape index (κ1) is 21.4. The molecule has 0 radical (unpaired) electrons. The summed E-state index contributed by atoms with van der Waals surface area (Å²) in [5.41, 5.74) is 12.2. The number of pyridine rings is 1. The molecule has 0 aliphatic carbocycles. The fourth-order valence-corrected chi connectivity index (χ4v) is 4.22. The van der Waals surface area contributed by atoms with Gasteiger partial charge in [0.15, 0.2) is 16.7 Å². The Morgan fingerprint density at radius 3 is 3.00 bits per heavy atom. The Bertz CT molecular complexity index is 1570. The zero-order valence-electron chi connectivity index (χ0n) is 18.0. The van der Waals surface area contributed by atoms with Gasteiger partial charge in [-0.1, -0.05) is 29.3 Å². The molecule has 1 amide bonds. The quantitative estimate of drug-likeness (QED) is 0.303. The topological polar surface area (TPSA) is 158 Å². The summed E-state index contributed by atoms with van der Waals surface area (Å²) in [4.78, 5) is 34.8. The molecule has 12 nitrogen and oxygen atoms in total. The number of amides is 1. The second kappa shape index (κ2) is 8.50. The van der Waals surface area contributed by atoms with Gasteiger partial charge in [-0.2, -0.15) is 0 Å². The van der Waals surface area contributed by atoms with E-state index in [1.807, 2.05) is 12.1 Å². The summed E-state index contributed by atoms with van der Waals surface area (Å²) in [6, 6.07) is 8.24. The summed E-state index contributed by atoms with van der Waals surface area (Å²) in [6.45, 7) is 2.08. The summed E-state index contributed by atoms with van der Waals surface area (Å²) >= 11 is 6.34. The van der Waals surface area contributed by atoms with Crippen molar-refractivity contribution in [3.05, 3.63) is 69.4 Å². The van der Waals surface area contributed by atoms with Crippen LogP contribution in [0.5, 0.6) is 0 Å². The molecule has 1 aliphatic heterocycles. The molecule has 3 aromatic heterocycles. The van der Waals surface area contributed by atoms with E-state index in [4.69, 9.17) is 17.3 Å². The number of hydrazine groups is 1. The predicted octanol–water partition coefficient (Wildman–Crippen LogP) is 1.24. The molecule has 1 aliphatic rings. The lowest BCUT2D eigenvalue weighted by molar-refractivity contribution is -0.0885. The summed E-state index contributed by atoms with van der Waals surface area (Å²) in [7, 11) is 0. The number of hydrogen-bond donors (Lipinski definition) is 4. The third-order valence-corrected chi connectivity index (χ3v) is 5.87. The van der Waals surface area contributed by atoms with E-state index in [-0.39, 0.29) is 16.9 Å². The van der Waals surface area contributed by atoms with Crippen molar-refractivity contribution in [1.82, 2.24) is 35.4 Å². The minimum atomic E-state index is -0.553. The van der Waals surface area contributed by atoms with Gasteiger partial charge in [0, 0.05) is 24.6 Å². The van der Waals surface area contributed by atoms with Crippen molar-refractivity contribution in [3.8, 4) is 0 Å². The van der Waals surface area contributed by atoms with Crippen LogP contribution in [0.4, 0.5) is 5.82 Å². The number of hydrogen-bond acceptors (Lipinski definition) is 8. The van der Waals surface area contributed by atoms with E-state index in [2.05, 4.69) is 36.4 Å². The Morgan fingerprint density at radius 2 is 2.21 bits per heavy atom. The van der Waals surface area contributed by atoms with Gasteiger partial charge >= 0.3 is 5.84 Å². The third kappa shape index (κ3) is 3.70. The van der Waals surface area contributed by atoms with Crippen molar-refractivity contribution < 1.29 is 9.58 Å². The van der Waals surface area contributed by atoms with Crippen LogP contribution in [-0.2, 0) is 6.54 Å². The highest BCUT2D eigenvalue weighted by atomic mass is 35.5. The van der Waals surface area contributed by atoms with Crippen molar-refractivity contribution in [2.75, 3.05) is 5.73 Å². The van der Waals surface area contributed by atoms with Crippen LogP contribution in [0.15, 0.2) is 52.7 Å². The minimum Gasteiger partial charge on any atom is -0.381 e. The maximum Gasteiger partial charge on any atom is 0.350 e. The lowest BCUT2D eigenvalue weighted by atomic mass is 10.1. The summed E-state index contributed by atoms with van der Waals surface area (Å²) in [5.74, 6) is 0.195. The van der Waals surface area contributed by atoms with Crippen molar-refractivity contribution in [3.63, 3.8) is 0 Å². The average Bonchev–Trinajstić information content (AvgIpc) is 3.44. The number of nitrogens with zero attached hydrogens (tertiary/aromatic N) is 6. The van der Waals surface area contributed by atoms with Gasteiger partial charge in [0.05, 0.1) is 22.9 Å². The van der Waals surface area contributed by atoms with Gasteiger partial charge < -0.3 is 15.6 Å². The smallest absolute Gasteiger partial charge is 0.350 e. The Labute approximate surface area is 197 Å². The van der Waals surface area contributed by atoms with Crippen LogP contribution in [0, 0.1) is 0 Å². The first-order valence-corrected chi connectivity index (χ1v) is 10.8. The molecule has 5 N–H and O–H groups in total. The number of rotatable bonds is 6. The van der Waals surface area contributed by atoms with Gasteiger partial charge in [0.1, 0.15) is 5.56 Å². The van der Waals surface area contributed by atoms with E-state index in [0.717, 1.165) is 0 Å². The average molecular weight is 480 g/mol. The number of halogens is 1. The molecule has 0 spiro atoms. The number of aromatic nitrogens is 4. The van der Waals surface area contributed by atoms with E-state index < -0.39 is 11.9 Å². The molecular weight excluding hydrogens is 460 g/mol. The Morgan fingerprint density at radius 1 is 1.35 bits per heavy atom. The molecule has 0 fully saturated rings. The molecule has 0 saturated carbocycles. The number of nitrogens with two attached hydrogens (primary N) is 1. The Hall–Kier alpha value is -4.41. The highest BCUT2D eigenvalue weighted by Gasteiger charge is 2.24. The van der Waals surface area contributed by atoms with Crippen molar-refractivity contribution >= 4 is 45.6 Å². The summed E-state index contributed by atoms with van der Waals surface area (Å²) in [5, 5.41) is 12.2. The molecule has 4 heterocycles. The molecule has 1 aromatic carbocycles. The lowest BCUT2D eigenvalue weighted by Crippen LogP contribution is -2.35. The van der Waals surface area contributed by atoms with E-state index >= 15 is 0 Å².